The number of rotatable bonds is 4. The lowest BCUT2D eigenvalue weighted by Crippen LogP contribution is -2.05. The average Bonchev–Trinajstić information content (AvgIpc) is 2.84. The molecule has 0 unspecified atom stereocenters. The quantitative estimate of drug-likeness (QED) is 0.800. The highest BCUT2D eigenvalue weighted by Gasteiger charge is 2.11. The summed E-state index contributed by atoms with van der Waals surface area (Å²) in [7, 11) is 1.67. The summed E-state index contributed by atoms with van der Waals surface area (Å²) < 4.78 is 7.28. The summed E-state index contributed by atoms with van der Waals surface area (Å²) in [4.78, 5) is 4.71. The molecular weight excluding hydrogens is 262 g/mol. The molecule has 1 aromatic carbocycles. The first-order chi connectivity index (χ1) is 10.2. The molecule has 0 spiro atoms. The van der Waals surface area contributed by atoms with Crippen LogP contribution in [0, 0.1) is 6.92 Å². The molecule has 0 amide bonds. The Morgan fingerprint density at radius 1 is 1.14 bits per heavy atom. The van der Waals surface area contributed by atoms with E-state index in [0.29, 0.717) is 6.54 Å². The Morgan fingerprint density at radius 2 is 1.90 bits per heavy atom. The minimum Gasteiger partial charge on any atom is -0.497 e. The number of imidazole rings is 1. The fourth-order valence-corrected chi connectivity index (χ4v) is 2.54. The lowest BCUT2D eigenvalue weighted by atomic mass is 10.1. The van der Waals surface area contributed by atoms with Crippen LogP contribution in [0.4, 0.5) is 0 Å². The van der Waals surface area contributed by atoms with Crippen LogP contribution in [0.1, 0.15) is 22.5 Å². The zero-order chi connectivity index (χ0) is 14.8. The molecule has 0 aliphatic rings. The lowest BCUT2D eigenvalue weighted by Gasteiger charge is -2.04. The van der Waals surface area contributed by atoms with Crippen LogP contribution in [0.3, 0.4) is 0 Å². The van der Waals surface area contributed by atoms with E-state index in [1.807, 2.05) is 18.2 Å². The average molecular weight is 281 g/mol. The molecule has 0 radical (unpaired) electrons. The molecule has 4 heteroatoms. The molecule has 3 rings (SSSR count). The normalized spacial score (nSPS) is 11.0. The van der Waals surface area contributed by atoms with Crippen molar-refractivity contribution in [3.63, 3.8) is 0 Å². The molecule has 0 aliphatic heterocycles. The van der Waals surface area contributed by atoms with E-state index in [9.17, 15) is 0 Å². The predicted octanol–water partition coefficient (Wildman–Crippen LogP) is 2.70. The molecule has 4 nitrogen and oxygen atoms in total. The number of pyridine rings is 1. The second-order valence-electron chi connectivity index (χ2n) is 5.17. The third-order valence-electron chi connectivity index (χ3n) is 3.67. The Balaban J connectivity index is 1.99. The molecule has 0 aliphatic carbocycles. The summed E-state index contributed by atoms with van der Waals surface area (Å²) in [5, 5.41) is 0. The van der Waals surface area contributed by atoms with Crippen LogP contribution in [0.2, 0.25) is 0 Å². The van der Waals surface area contributed by atoms with Gasteiger partial charge in [-0.15, -0.1) is 0 Å². The molecule has 21 heavy (non-hydrogen) atoms. The second-order valence-corrected chi connectivity index (χ2v) is 5.17. The van der Waals surface area contributed by atoms with Crippen molar-refractivity contribution in [2.24, 2.45) is 5.73 Å². The molecule has 0 atom stereocenters. The summed E-state index contributed by atoms with van der Waals surface area (Å²) in [5.41, 5.74) is 11.4. The number of nitrogens with two attached hydrogens (primary N) is 1. The summed E-state index contributed by atoms with van der Waals surface area (Å²) in [6.45, 7) is 2.55. The fraction of sp³-hybridized carbons (Fsp3) is 0.235. The van der Waals surface area contributed by atoms with Crippen LogP contribution in [-0.2, 0) is 13.0 Å². The first-order valence-corrected chi connectivity index (χ1v) is 7.00. The van der Waals surface area contributed by atoms with Crippen LogP contribution in [0.25, 0.3) is 5.65 Å². The maximum Gasteiger partial charge on any atom is 0.137 e. The second kappa shape index (κ2) is 5.58. The third kappa shape index (κ3) is 2.62. The SMILES string of the molecule is COc1ccc(Cc2nc3ccc(C)cn3c2CN)cc1. The highest BCUT2D eigenvalue weighted by Crippen LogP contribution is 2.19. The monoisotopic (exact) mass is 281 g/mol. The van der Waals surface area contributed by atoms with Gasteiger partial charge in [-0.2, -0.15) is 0 Å². The van der Waals surface area contributed by atoms with Crippen molar-refractivity contribution in [2.75, 3.05) is 7.11 Å². The van der Waals surface area contributed by atoms with Gasteiger partial charge in [0.15, 0.2) is 0 Å². The molecule has 0 saturated heterocycles. The van der Waals surface area contributed by atoms with E-state index in [0.717, 1.165) is 29.2 Å². The van der Waals surface area contributed by atoms with Crippen molar-refractivity contribution in [3.8, 4) is 5.75 Å². The van der Waals surface area contributed by atoms with Gasteiger partial charge in [0.1, 0.15) is 11.4 Å². The van der Waals surface area contributed by atoms with Crippen molar-refractivity contribution in [3.05, 3.63) is 65.1 Å². The summed E-state index contributed by atoms with van der Waals surface area (Å²) >= 11 is 0. The Hall–Kier alpha value is -2.33. The van der Waals surface area contributed by atoms with Gasteiger partial charge < -0.3 is 14.9 Å². The van der Waals surface area contributed by atoms with Crippen LogP contribution < -0.4 is 10.5 Å². The Bertz CT molecular complexity index is 760. The van der Waals surface area contributed by atoms with Crippen LogP contribution in [0.15, 0.2) is 42.6 Å². The maximum absolute atomic E-state index is 5.93. The highest BCUT2D eigenvalue weighted by atomic mass is 16.5. The lowest BCUT2D eigenvalue weighted by molar-refractivity contribution is 0.414. The molecule has 0 fully saturated rings. The smallest absolute Gasteiger partial charge is 0.137 e. The third-order valence-corrected chi connectivity index (χ3v) is 3.67. The molecule has 0 bridgehead atoms. The van der Waals surface area contributed by atoms with E-state index in [1.165, 1.54) is 11.1 Å². The van der Waals surface area contributed by atoms with Crippen LogP contribution in [0.5, 0.6) is 5.75 Å². The van der Waals surface area contributed by atoms with E-state index < -0.39 is 0 Å². The van der Waals surface area contributed by atoms with Gasteiger partial charge in [0.05, 0.1) is 18.5 Å². The Kier molecular flexibility index (Phi) is 3.62. The van der Waals surface area contributed by atoms with Crippen LogP contribution in [-0.4, -0.2) is 16.5 Å². The number of benzene rings is 1. The van der Waals surface area contributed by atoms with Crippen molar-refractivity contribution >= 4 is 5.65 Å². The number of aromatic nitrogens is 2. The summed E-state index contributed by atoms with van der Waals surface area (Å²) in [6, 6.07) is 12.2. The van der Waals surface area contributed by atoms with Gasteiger partial charge in [0.25, 0.3) is 0 Å². The molecule has 108 valence electrons. The minimum atomic E-state index is 0.482. The highest BCUT2D eigenvalue weighted by molar-refractivity contribution is 5.46. The molecule has 2 N–H and O–H groups in total. The first-order valence-electron chi connectivity index (χ1n) is 7.00. The largest absolute Gasteiger partial charge is 0.497 e. The Morgan fingerprint density at radius 3 is 2.57 bits per heavy atom. The van der Waals surface area contributed by atoms with E-state index in [4.69, 9.17) is 15.5 Å². The summed E-state index contributed by atoms with van der Waals surface area (Å²) in [6.07, 6.45) is 2.86. The van der Waals surface area contributed by atoms with Gasteiger partial charge in [-0.1, -0.05) is 18.2 Å². The fourth-order valence-electron chi connectivity index (χ4n) is 2.54. The zero-order valence-corrected chi connectivity index (χ0v) is 12.3. The molecular formula is C17H19N3O. The first kappa shape index (κ1) is 13.6. The number of hydrogen-bond acceptors (Lipinski definition) is 3. The van der Waals surface area contributed by atoms with E-state index in [2.05, 4.69) is 35.7 Å². The maximum atomic E-state index is 5.93. The van der Waals surface area contributed by atoms with E-state index in [-0.39, 0.29) is 0 Å². The van der Waals surface area contributed by atoms with Gasteiger partial charge in [-0.05, 0) is 36.2 Å². The Labute approximate surface area is 124 Å². The van der Waals surface area contributed by atoms with Crippen LogP contribution >= 0.6 is 0 Å². The number of hydrogen-bond donors (Lipinski definition) is 1. The summed E-state index contributed by atoms with van der Waals surface area (Å²) in [5.74, 6) is 0.864. The molecule has 2 aromatic heterocycles. The van der Waals surface area contributed by atoms with Gasteiger partial charge in [-0.25, -0.2) is 4.98 Å². The number of fused-ring (bicyclic) bond motifs is 1. The number of nitrogens with zero attached hydrogens (tertiary/aromatic N) is 2. The predicted molar refractivity (Wildman–Crippen MR) is 83.6 cm³/mol. The van der Waals surface area contributed by atoms with Gasteiger partial charge in [-0.3, -0.25) is 0 Å². The minimum absolute atomic E-state index is 0.482. The topological polar surface area (TPSA) is 52.5 Å². The molecule has 3 aromatic rings. The van der Waals surface area contributed by atoms with Gasteiger partial charge >= 0.3 is 0 Å². The van der Waals surface area contributed by atoms with E-state index >= 15 is 0 Å². The van der Waals surface area contributed by atoms with Crippen molar-refractivity contribution in [1.82, 2.24) is 9.38 Å². The standard InChI is InChI=1S/C17H19N3O/c1-12-3-8-17-19-15(16(10-18)20(17)11-12)9-13-4-6-14(21-2)7-5-13/h3-8,11H,9-10,18H2,1-2H3. The van der Waals surface area contributed by atoms with Gasteiger partial charge in [0, 0.05) is 19.2 Å². The number of aryl methyl sites for hydroxylation is 1. The van der Waals surface area contributed by atoms with Gasteiger partial charge in [0.2, 0.25) is 0 Å². The van der Waals surface area contributed by atoms with Crippen molar-refractivity contribution < 1.29 is 4.74 Å². The molecule has 0 saturated carbocycles. The number of ether oxygens (including phenoxy) is 1. The molecule has 2 heterocycles. The number of methoxy groups -OCH3 is 1. The zero-order valence-electron chi connectivity index (χ0n) is 12.3. The van der Waals surface area contributed by atoms with E-state index in [1.54, 1.807) is 7.11 Å². The van der Waals surface area contributed by atoms with Crippen molar-refractivity contribution in [2.45, 2.75) is 19.9 Å². The van der Waals surface area contributed by atoms with Crippen molar-refractivity contribution in [1.29, 1.82) is 0 Å².